The van der Waals surface area contributed by atoms with Crippen molar-refractivity contribution in [3.8, 4) is 5.75 Å². The molecule has 0 saturated carbocycles. The molecule has 2 heterocycles. The number of benzene rings is 1. The van der Waals surface area contributed by atoms with Crippen LogP contribution in [0.2, 0.25) is 0 Å². The number of likely N-dealkylation sites (tertiary alicyclic amines) is 1. The fraction of sp³-hybridized carbons (Fsp3) is 0.412. The molecule has 5 heteroatoms. The lowest BCUT2D eigenvalue weighted by Gasteiger charge is -2.27. The van der Waals surface area contributed by atoms with E-state index in [2.05, 4.69) is 9.89 Å². The zero-order valence-corrected chi connectivity index (χ0v) is 13.8. The van der Waals surface area contributed by atoms with E-state index in [4.69, 9.17) is 4.74 Å². The fourth-order valence-electron chi connectivity index (χ4n) is 2.73. The van der Waals surface area contributed by atoms with Gasteiger partial charge in [-0.05, 0) is 56.2 Å². The summed E-state index contributed by atoms with van der Waals surface area (Å²) in [6, 6.07) is 5.96. The van der Waals surface area contributed by atoms with Crippen molar-refractivity contribution in [3.63, 3.8) is 0 Å². The van der Waals surface area contributed by atoms with Crippen LogP contribution in [0.15, 0.2) is 28.1 Å². The van der Waals surface area contributed by atoms with Crippen LogP contribution in [0.3, 0.4) is 0 Å². The van der Waals surface area contributed by atoms with Crippen LogP contribution < -0.4 is 4.74 Å². The molecule has 0 atom stereocenters. The molecule has 1 amide bonds. The third-order valence-corrected chi connectivity index (χ3v) is 4.95. The molecule has 0 aromatic heterocycles. The van der Waals surface area contributed by atoms with Gasteiger partial charge in [0.05, 0.1) is 12.0 Å². The van der Waals surface area contributed by atoms with Crippen LogP contribution >= 0.6 is 11.8 Å². The molecule has 1 aromatic rings. The third kappa shape index (κ3) is 3.19. The summed E-state index contributed by atoms with van der Waals surface area (Å²) in [7, 11) is 1.64. The van der Waals surface area contributed by atoms with Crippen LogP contribution in [0.25, 0.3) is 6.08 Å². The first kappa shape index (κ1) is 15.2. The van der Waals surface area contributed by atoms with Crippen molar-refractivity contribution in [3.05, 3.63) is 34.2 Å². The minimum Gasteiger partial charge on any atom is -0.496 e. The van der Waals surface area contributed by atoms with E-state index >= 15 is 0 Å². The standard InChI is InChI=1S/C17H20N2O2S/c1-12-6-7-14(21-2)13(10-12)11-15-16(20)18-17(22-15)19-8-4-3-5-9-19/h6-7,10-11H,3-5,8-9H2,1-2H3. The number of aryl methyl sites for hydroxylation is 1. The molecule has 1 fully saturated rings. The Morgan fingerprint density at radius 1 is 1.27 bits per heavy atom. The van der Waals surface area contributed by atoms with Gasteiger partial charge < -0.3 is 9.64 Å². The van der Waals surface area contributed by atoms with E-state index in [9.17, 15) is 4.79 Å². The number of methoxy groups -OCH3 is 1. The van der Waals surface area contributed by atoms with Crippen LogP contribution in [0.1, 0.15) is 30.4 Å². The van der Waals surface area contributed by atoms with Gasteiger partial charge in [0.25, 0.3) is 5.91 Å². The Bertz CT molecular complexity index is 646. The molecule has 1 aromatic carbocycles. The molecule has 1 saturated heterocycles. The summed E-state index contributed by atoms with van der Waals surface area (Å²) in [5.74, 6) is 0.632. The highest BCUT2D eigenvalue weighted by atomic mass is 32.2. The van der Waals surface area contributed by atoms with Gasteiger partial charge >= 0.3 is 0 Å². The third-order valence-electron chi connectivity index (χ3n) is 3.91. The van der Waals surface area contributed by atoms with Crippen molar-refractivity contribution in [2.45, 2.75) is 26.2 Å². The summed E-state index contributed by atoms with van der Waals surface area (Å²) < 4.78 is 5.38. The molecule has 22 heavy (non-hydrogen) atoms. The van der Waals surface area contributed by atoms with E-state index in [1.165, 1.54) is 31.0 Å². The van der Waals surface area contributed by atoms with E-state index in [1.807, 2.05) is 31.2 Å². The number of amidine groups is 1. The first-order chi connectivity index (χ1) is 10.7. The van der Waals surface area contributed by atoms with Gasteiger partial charge in [0, 0.05) is 18.7 Å². The molecular weight excluding hydrogens is 296 g/mol. The monoisotopic (exact) mass is 316 g/mol. The van der Waals surface area contributed by atoms with E-state index in [-0.39, 0.29) is 5.91 Å². The van der Waals surface area contributed by atoms with Gasteiger partial charge in [-0.15, -0.1) is 0 Å². The van der Waals surface area contributed by atoms with Gasteiger partial charge in [-0.25, -0.2) is 0 Å². The van der Waals surface area contributed by atoms with Crippen LogP contribution in [-0.4, -0.2) is 36.2 Å². The lowest BCUT2D eigenvalue weighted by atomic mass is 10.1. The summed E-state index contributed by atoms with van der Waals surface area (Å²) >= 11 is 1.48. The quantitative estimate of drug-likeness (QED) is 0.784. The first-order valence-electron chi connectivity index (χ1n) is 7.59. The Labute approximate surface area is 135 Å². The van der Waals surface area contributed by atoms with Crippen LogP contribution in [-0.2, 0) is 4.79 Å². The van der Waals surface area contributed by atoms with Crippen LogP contribution in [0.4, 0.5) is 0 Å². The molecule has 0 aliphatic carbocycles. The maximum absolute atomic E-state index is 12.2. The number of piperidine rings is 1. The number of hydrogen-bond acceptors (Lipinski definition) is 4. The highest BCUT2D eigenvalue weighted by Crippen LogP contribution is 2.33. The zero-order chi connectivity index (χ0) is 15.5. The number of rotatable bonds is 2. The van der Waals surface area contributed by atoms with E-state index < -0.39 is 0 Å². The molecule has 116 valence electrons. The number of nitrogens with zero attached hydrogens (tertiary/aromatic N) is 2. The summed E-state index contributed by atoms with van der Waals surface area (Å²) in [6.45, 7) is 4.03. The van der Waals surface area contributed by atoms with Crippen LogP contribution in [0.5, 0.6) is 5.75 Å². The van der Waals surface area contributed by atoms with Gasteiger partial charge in [-0.3, -0.25) is 4.79 Å². The number of carbonyl (C=O) groups is 1. The molecule has 2 aliphatic rings. The molecule has 0 spiro atoms. The van der Waals surface area contributed by atoms with Crippen molar-refractivity contribution >= 4 is 28.9 Å². The minimum atomic E-state index is -0.144. The van der Waals surface area contributed by atoms with Crippen molar-refractivity contribution < 1.29 is 9.53 Å². The topological polar surface area (TPSA) is 41.9 Å². The second kappa shape index (κ2) is 6.57. The lowest BCUT2D eigenvalue weighted by Crippen LogP contribution is -2.33. The number of ether oxygens (including phenoxy) is 1. The molecule has 0 N–H and O–H groups in total. The molecule has 0 radical (unpaired) electrons. The second-order valence-corrected chi connectivity index (χ2v) is 6.61. The van der Waals surface area contributed by atoms with Gasteiger partial charge in [0.15, 0.2) is 5.17 Å². The van der Waals surface area contributed by atoms with Crippen molar-refractivity contribution in [1.82, 2.24) is 4.90 Å². The maximum Gasteiger partial charge on any atom is 0.286 e. The van der Waals surface area contributed by atoms with Gasteiger partial charge in [0.2, 0.25) is 0 Å². The highest BCUT2D eigenvalue weighted by Gasteiger charge is 2.27. The van der Waals surface area contributed by atoms with Gasteiger partial charge in [0.1, 0.15) is 5.75 Å². The highest BCUT2D eigenvalue weighted by molar-refractivity contribution is 8.18. The Kier molecular flexibility index (Phi) is 4.52. The molecule has 0 bridgehead atoms. The number of aliphatic imine (C=N–C) groups is 1. The molecule has 0 unspecified atom stereocenters. The number of amides is 1. The van der Waals surface area contributed by atoms with Crippen molar-refractivity contribution in [2.75, 3.05) is 20.2 Å². The normalized spacial score (nSPS) is 20.5. The predicted octanol–water partition coefficient (Wildman–Crippen LogP) is 3.46. The number of thioether (sulfide) groups is 1. The molecule has 4 nitrogen and oxygen atoms in total. The van der Waals surface area contributed by atoms with E-state index in [0.717, 1.165) is 35.1 Å². The Morgan fingerprint density at radius 3 is 2.77 bits per heavy atom. The van der Waals surface area contributed by atoms with Crippen molar-refractivity contribution in [2.24, 2.45) is 4.99 Å². The number of hydrogen-bond donors (Lipinski definition) is 0. The maximum atomic E-state index is 12.2. The summed E-state index contributed by atoms with van der Waals surface area (Å²) in [4.78, 5) is 19.3. The summed E-state index contributed by atoms with van der Waals surface area (Å²) in [5.41, 5.74) is 2.06. The van der Waals surface area contributed by atoms with Crippen LogP contribution in [0, 0.1) is 6.92 Å². The smallest absolute Gasteiger partial charge is 0.286 e. The minimum absolute atomic E-state index is 0.144. The average molecular weight is 316 g/mol. The molecule has 2 aliphatic heterocycles. The lowest BCUT2D eigenvalue weighted by molar-refractivity contribution is -0.113. The summed E-state index contributed by atoms with van der Waals surface area (Å²) in [5, 5.41) is 0.850. The Balaban J connectivity index is 1.82. The predicted molar refractivity (Wildman–Crippen MR) is 91.2 cm³/mol. The molecule has 3 rings (SSSR count). The fourth-order valence-corrected chi connectivity index (χ4v) is 3.68. The van der Waals surface area contributed by atoms with Crippen molar-refractivity contribution in [1.29, 1.82) is 0 Å². The molecular formula is C17H20N2O2S. The SMILES string of the molecule is COc1ccc(C)cc1C=C1SC(N2CCCCC2)=NC1=O. The van der Waals surface area contributed by atoms with Gasteiger partial charge in [-0.1, -0.05) is 11.6 Å². The number of carbonyl (C=O) groups excluding carboxylic acids is 1. The first-order valence-corrected chi connectivity index (χ1v) is 8.41. The second-order valence-electron chi connectivity index (χ2n) is 5.60. The Hall–Kier alpha value is -1.75. The van der Waals surface area contributed by atoms with E-state index in [1.54, 1.807) is 7.11 Å². The summed E-state index contributed by atoms with van der Waals surface area (Å²) in [6.07, 6.45) is 5.52. The van der Waals surface area contributed by atoms with E-state index in [0.29, 0.717) is 4.91 Å². The zero-order valence-electron chi connectivity index (χ0n) is 13.0. The Morgan fingerprint density at radius 2 is 2.05 bits per heavy atom. The van der Waals surface area contributed by atoms with Gasteiger partial charge in [-0.2, -0.15) is 4.99 Å². The average Bonchev–Trinajstić information content (AvgIpc) is 2.90. The largest absolute Gasteiger partial charge is 0.496 e.